The van der Waals surface area contributed by atoms with Crippen molar-refractivity contribution in [2.24, 2.45) is 11.8 Å². The number of halogens is 1. The highest BCUT2D eigenvalue weighted by Gasteiger charge is 2.23. The number of aliphatic carboxylic acids is 1. The van der Waals surface area contributed by atoms with Gasteiger partial charge in [0.15, 0.2) is 0 Å². The van der Waals surface area contributed by atoms with Crippen molar-refractivity contribution in [3.8, 4) is 0 Å². The lowest BCUT2D eigenvalue weighted by atomic mass is 9.95. The summed E-state index contributed by atoms with van der Waals surface area (Å²) in [5, 5.41) is 8.55. The molecule has 0 bridgehead atoms. The van der Waals surface area contributed by atoms with Crippen LogP contribution in [0.3, 0.4) is 0 Å². The van der Waals surface area contributed by atoms with Crippen LogP contribution in [-0.4, -0.2) is 15.9 Å². The van der Waals surface area contributed by atoms with Gasteiger partial charge in [-0.2, -0.15) is 0 Å². The summed E-state index contributed by atoms with van der Waals surface area (Å²) in [7, 11) is 0. The van der Waals surface area contributed by atoms with Crippen LogP contribution < -0.4 is 0 Å². The summed E-state index contributed by atoms with van der Waals surface area (Å²) in [6.45, 7) is 5.96. The zero-order valence-electron chi connectivity index (χ0n) is 6.47. The first-order valence-electron chi connectivity index (χ1n) is 3.33. The zero-order chi connectivity index (χ0) is 8.31. The molecule has 0 aromatic rings. The van der Waals surface area contributed by atoms with E-state index in [4.69, 9.17) is 5.11 Å². The number of carbonyl (C=O) groups is 1. The Kier molecular flexibility index (Phi) is 3.94. The van der Waals surface area contributed by atoms with Crippen LogP contribution in [0.25, 0.3) is 0 Å². The van der Waals surface area contributed by atoms with Crippen LogP contribution in [0.15, 0.2) is 0 Å². The van der Waals surface area contributed by atoms with Crippen molar-refractivity contribution in [3.63, 3.8) is 0 Å². The minimum absolute atomic E-state index is 0.178. The van der Waals surface area contributed by atoms with E-state index in [2.05, 4.69) is 15.9 Å². The second kappa shape index (κ2) is 3.96. The lowest BCUT2D eigenvalue weighted by Crippen LogP contribution is -2.24. The van der Waals surface area contributed by atoms with Gasteiger partial charge in [0.1, 0.15) is 4.83 Å². The monoisotopic (exact) mass is 208 g/mol. The minimum Gasteiger partial charge on any atom is -0.480 e. The van der Waals surface area contributed by atoms with Gasteiger partial charge < -0.3 is 5.11 Å². The first-order chi connectivity index (χ1) is 4.46. The van der Waals surface area contributed by atoms with Gasteiger partial charge in [-0.05, 0) is 11.8 Å². The zero-order valence-corrected chi connectivity index (χ0v) is 8.05. The average Bonchev–Trinajstić information content (AvgIpc) is 1.84. The van der Waals surface area contributed by atoms with E-state index in [1.54, 1.807) is 0 Å². The van der Waals surface area contributed by atoms with E-state index in [1.165, 1.54) is 0 Å². The van der Waals surface area contributed by atoms with Crippen LogP contribution in [-0.2, 0) is 4.79 Å². The highest BCUT2D eigenvalue weighted by Crippen LogP contribution is 2.20. The van der Waals surface area contributed by atoms with E-state index in [0.29, 0.717) is 5.92 Å². The number of alkyl halides is 1. The average molecular weight is 209 g/mol. The van der Waals surface area contributed by atoms with Crippen molar-refractivity contribution in [1.29, 1.82) is 0 Å². The van der Waals surface area contributed by atoms with E-state index >= 15 is 0 Å². The molecule has 2 nitrogen and oxygen atoms in total. The molecule has 0 spiro atoms. The van der Waals surface area contributed by atoms with E-state index in [1.807, 2.05) is 20.8 Å². The second-order valence-electron chi connectivity index (χ2n) is 2.84. The van der Waals surface area contributed by atoms with Crippen LogP contribution >= 0.6 is 15.9 Å². The maximum atomic E-state index is 10.4. The largest absolute Gasteiger partial charge is 0.480 e. The first-order valence-corrected chi connectivity index (χ1v) is 4.25. The van der Waals surface area contributed by atoms with E-state index in [-0.39, 0.29) is 5.92 Å². The predicted molar refractivity (Wildman–Crippen MR) is 44.4 cm³/mol. The number of carboxylic acids is 1. The lowest BCUT2D eigenvalue weighted by Gasteiger charge is -2.17. The molecule has 0 radical (unpaired) electrons. The first kappa shape index (κ1) is 9.95. The Balaban J connectivity index is 3.94. The third-order valence-electron chi connectivity index (χ3n) is 1.75. The molecule has 0 amide bonds. The summed E-state index contributed by atoms with van der Waals surface area (Å²) in [5.74, 6) is -0.195. The second-order valence-corrected chi connectivity index (χ2v) is 3.83. The van der Waals surface area contributed by atoms with E-state index < -0.39 is 10.8 Å². The molecule has 0 aromatic heterocycles. The molecule has 0 aliphatic carbocycles. The molecule has 0 heterocycles. The molecule has 0 aromatic carbocycles. The highest BCUT2D eigenvalue weighted by atomic mass is 79.9. The van der Waals surface area contributed by atoms with Gasteiger partial charge in [0.2, 0.25) is 0 Å². The van der Waals surface area contributed by atoms with Crippen molar-refractivity contribution in [3.05, 3.63) is 0 Å². The molecular formula is C7H13BrO2. The number of carboxylic acid groups (broad SMARTS) is 1. The van der Waals surface area contributed by atoms with Crippen molar-refractivity contribution in [1.82, 2.24) is 0 Å². The quantitative estimate of drug-likeness (QED) is 0.723. The van der Waals surface area contributed by atoms with Gasteiger partial charge >= 0.3 is 5.97 Å². The SMILES string of the molecule is CC(C)C(C)C(Br)C(=O)O. The van der Waals surface area contributed by atoms with E-state index in [9.17, 15) is 4.79 Å². The van der Waals surface area contributed by atoms with Gasteiger partial charge in [-0.1, -0.05) is 36.7 Å². The molecule has 0 saturated carbocycles. The maximum absolute atomic E-state index is 10.4. The molecule has 0 aliphatic heterocycles. The molecule has 60 valence electrons. The molecule has 0 fully saturated rings. The molecule has 10 heavy (non-hydrogen) atoms. The van der Waals surface area contributed by atoms with Crippen molar-refractivity contribution in [2.45, 2.75) is 25.6 Å². The molecule has 0 aliphatic rings. The van der Waals surface area contributed by atoms with Crippen LogP contribution in [0.4, 0.5) is 0 Å². The number of hydrogen-bond acceptors (Lipinski definition) is 1. The Labute approximate surface area is 69.8 Å². The van der Waals surface area contributed by atoms with Crippen LogP contribution in [0.1, 0.15) is 20.8 Å². The maximum Gasteiger partial charge on any atom is 0.317 e. The third-order valence-corrected chi connectivity index (χ3v) is 2.97. The minimum atomic E-state index is -0.777. The molecule has 0 saturated heterocycles. The molecule has 0 rings (SSSR count). The van der Waals surface area contributed by atoms with E-state index in [0.717, 1.165) is 0 Å². The lowest BCUT2D eigenvalue weighted by molar-refractivity contribution is -0.137. The van der Waals surface area contributed by atoms with Gasteiger partial charge in [0.25, 0.3) is 0 Å². The Hall–Kier alpha value is -0.0500. The van der Waals surface area contributed by atoms with Gasteiger partial charge in [-0.25, -0.2) is 0 Å². The van der Waals surface area contributed by atoms with Gasteiger partial charge in [-0.3, -0.25) is 4.79 Å². The summed E-state index contributed by atoms with van der Waals surface area (Å²) in [6, 6.07) is 0. The Morgan fingerprint density at radius 2 is 1.80 bits per heavy atom. The van der Waals surface area contributed by atoms with Crippen LogP contribution in [0, 0.1) is 11.8 Å². The molecule has 2 unspecified atom stereocenters. The highest BCUT2D eigenvalue weighted by molar-refractivity contribution is 9.10. The molecule has 1 N–H and O–H groups in total. The van der Waals surface area contributed by atoms with Crippen molar-refractivity contribution in [2.75, 3.05) is 0 Å². The normalized spacial score (nSPS) is 16.9. The predicted octanol–water partition coefficient (Wildman–Crippen LogP) is 2.13. The fourth-order valence-corrected chi connectivity index (χ4v) is 1.17. The molecule has 3 heteroatoms. The smallest absolute Gasteiger partial charge is 0.317 e. The van der Waals surface area contributed by atoms with Crippen LogP contribution in [0.2, 0.25) is 0 Å². The number of rotatable bonds is 3. The Morgan fingerprint density at radius 3 is 1.90 bits per heavy atom. The fourth-order valence-electron chi connectivity index (χ4n) is 0.563. The van der Waals surface area contributed by atoms with Crippen molar-refractivity contribution >= 4 is 21.9 Å². The van der Waals surface area contributed by atoms with Crippen LogP contribution in [0.5, 0.6) is 0 Å². The van der Waals surface area contributed by atoms with Gasteiger partial charge in [0.05, 0.1) is 0 Å². The number of hydrogen-bond donors (Lipinski definition) is 1. The molecule has 2 atom stereocenters. The fraction of sp³-hybridized carbons (Fsp3) is 0.857. The summed E-state index contributed by atoms with van der Waals surface area (Å²) in [5.41, 5.74) is 0. The summed E-state index contributed by atoms with van der Waals surface area (Å²) in [4.78, 5) is 9.99. The van der Waals surface area contributed by atoms with Gasteiger partial charge in [0, 0.05) is 0 Å². The standard InChI is InChI=1S/C7H13BrO2/c1-4(2)5(3)6(8)7(9)10/h4-6H,1-3H3,(H,9,10). The van der Waals surface area contributed by atoms with Crippen molar-refractivity contribution < 1.29 is 9.90 Å². The third kappa shape index (κ3) is 2.69. The summed E-state index contributed by atoms with van der Waals surface area (Å²) < 4.78 is 0. The summed E-state index contributed by atoms with van der Waals surface area (Å²) >= 11 is 3.11. The summed E-state index contributed by atoms with van der Waals surface area (Å²) in [6.07, 6.45) is 0. The molecular weight excluding hydrogens is 196 g/mol. The Morgan fingerprint density at radius 1 is 1.40 bits per heavy atom. The Bertz CT molecular complexity index is 123. The van der Waals surface area contributed by atoms with Gasteiger partial charge in [-0.15, -0.1) is 0 Å². The topological polar surface area (TPSA) is 37.3 Å².